The second kappa shape index (κ2) is 11.3. The van der Waals surface area contributed by atoms with Crippen LogP contribution < -0.4 is 4.90 Å². The number of aliphatic hydroxyl groups is 1. The Morgan fingerprint density at radius 2 is 1.62 bits per heavy atom. The molecule has 2 atom stereocenters. The molecule has 0 saturated carbocycles. The summed E-state index contributed by atoms with van der Waals surface area (Å²) in [5, 5.41) is 11.2. The molecular weight excluding hydrogens is 424 g/mol. The predicted molar refractivity (Wildman–Crippen MR) is 136 cm³/mol. The molecule has 1 aliphatic rings. The maximum absolute atomic E-state index is 12.8. The Morgan fingerprint density at radius 1 is 0.971 bits per heavy atom. The average Bonchev–Trinajstić information content (AvgIpc) is 2.88. The van der Waals surface area contributed by atoms with E-state index < -0.39 is 6.10 Å². The van der Waals surface area contributed by atoms with E-state index in [1.165, 1.54) is 5.56 Å². The van der Waals surface area contributed by atoms with E-state index in [0.717, 1.165) is 30.9 Å². The maximum Gasteiger partial charge on any atom is 0.253 e. The fourth-order valence-corrected chi connectivity index (χ4v) is 4.75. The van der Waals surface area contributed by atoms with Crippen molar-refractivity contribution in [3.63, 3.8) is 0 Å². The third kappa shape index (κ3) is 5.46. The number of hydrogen-bond acceptors (Lipinski definition) is 5. The van der Waals surface area contributed by atoms with Crippen molar-refractivity contribution < 1.29 is 9.90 Å². The van der Waals surface area contributed by atoms with Gasteiger partial charge in [-0.15, -0.1) is 0 Å². The van der Waals surface area contributed by atoms with E-state index in [2.05, 4.69) is 26.9 Å². The largest absolute Gasteiger partial charge is 0.390 e. The summed E-state index contributed by atoms with van der Waals surface area (Å²) in [5.41, 5.74) is 3.91. The van der Waals surface area contributed by atoms with E-state index in [9.17, 15) is 9.90 Å². The van der Waals surface area contributed by atoms with E-state index in [1.54, 1.807) is 0 Å². The fourth-order valence-electron chi connectivity index (χ4n) is 4.75. The first-order chi connectivity index (χ1) is 16.6. The third-order valence-corrected chi connectivity index (χ3v) is 6.60. The summed E-state index contributed by atoms with van der Waals surface area (Å²) < 4.78 is 0. The van der Waals surface area contributed by atoms with Crippen LogP contribution in [-0.4, -0.2) is 64.1 Å². The van der Waals surface area contributed by atoms with Crippen molar-refractivity contribution in [1.82, 2.24) is 14.8 Å². The lowest BCUT2D eigenvalue weighted by Crippen LogP contribution is -2.52. The number of aromatic nitrogens is 1. The van der Waals surface area contributed by atoms with E-state index in [1.807, 2.05) is 85.7 Å². The molecule has 34 heavy (non-hydrogen) atoms. The number of carbonyl (C=O) groups excluding carboxylic acids is 1. The Bertz CT molecular complexity index is 1040. The van der Waals surface area contributed by atoms with Crippen LogP contribution in [0.2, 0.25) is 0 Å². The standard InChI is InChI=1S/C28H34N4O2/c1-3-31(4-2)28(34)23-10-12-25(13-11-23)32(24-8-6-5-7-9-24)26-16-19-30(21-27(26)33)20-22-14-17-29-18-15-22/h5-15,17-18,26-27,33H,3-4,16,19-21H2,1-2H3. The summed E-state index contributed by atoms with van der Waals surface area (Å²) in [5.74, 6) is 0.0484. The molecule has 1 saturated heterocycles. The van der Waals surface area contributed by atoms with Gasteiger partial charge < -0.3 is 14.9 Å². The molecule has 3 aromatic rings. The van der Waals surface area contributed by atoms with Gasteiger partial charge in [-0.2, -0.15) is 0 Å². The van der Waals surface area contributed by atoms with Gasteiger partial charge in [0.2, 0.25) is 0 Å². The summed E-state index contributed by atoms with van der Waals surface area (Å²) in [6.07, 6.45) is 3.95. The van der Waals surface area contributed by atoms with Crippen molar-refractivity contribution in [2.45, 2.75) is 39.0 Å². The van der Waals surface area contributed by atoms with Crippen LogP contribution in [0, 0.1) is 0 Å². The number of carbonyl (C=O) groups is 1. The maximum atomic E-state index is 12.8. The van der Waals surface area contributed by atoms with Gasteiger partial charge in [0.25, 0.3) is 5.91 Å². The Balaban J connectivity index is 1.55. The first-order valence-corrected chi connectivity index (χ1v) is 12.1. The number of hydrogen-bond donors (Lipinski definition) is 1. The van der Waals surface area contributed by atoms with Crippen molar-refractivity contribution in [2.75, 3.05) is 31.1 Å². The zero-order chi connectivity index (χ0) is 23.9. The molecule has 1 fully saturated rings. The number of β-amino-alcohol motifs (C(OH)–C–C–N with tert-alkyl or cyclic N) is 1. The quantitative estimate of drug-likeness (QED) is 0.544. The van der Waals surface area contributed by atoms with Crippen molar-refractivity contribution >= 4 is 17.3 Å². The minimum Gasteiger partial charge on any atom is -0.390 e. The van der Waals surface area contributed by atoms with Gasteiger partial charge in [-0.05, 0) is 74.4 Å². The minimum atomic E-state index is -0.507. The Hall–Kier alpha value is -3.22. The summed E-state index contributed by atoms with van der Waals surface area (Å²) in [6, 6.07) is 22.0. The zero-order valence-corrected chi connectivity index (χ0v) is 20.0. The van der Waals surface area contributed by atoms with Crippen LogP contribution in [0.1, 0.15) is 36.2 Å². The molecule has 2 heterocycles. The fraction of sp³-hybridized carbons (Fsp3) is 0.357. The van der Waals surface area contributed by atoms with E-state index in [0.29, 0.717) is 25.2 Å². The molecule has 6 heteroatoms. The SMILES string of the molecule is CCN(CC)C(=O)c1ccc(N(c2ccccc2)C2CCN(Cc3ccncc3)CC2O)cc1. The number of pyridine rings is 1. The van der Waals surface area contributed by atoms with Crippen LogP contribution >= 0.6 is 0 Å². The molecule has 0 bridgehead atoms. The number of piperidine rings is 1. The molecule has 6 nitrogen and oxygen atoms in total. The highest BCUT2D eigenvalue weighted by Crippen LogP contribution is 2.32. The van der Waals surface area contributed by atoms with Crippen LogP contribution in [0.5, 0.6) is 0 Å². The van der Waals surface area contributed by atoms with Gasteiger partial charge in [0.1, 0.15) is 0 Å². The smallest absolute Gasteiger partial charge is 0.253 e. The molecule has 1 aromatic heterocycles. The van der Waals surface area contributed by atoms with Crippen LogP contribution in [0.15, 0.2) is 79.1 Å². The molecule has 0 spiro atoms. The molecule has 178 valence electrons. The van der Waals surface area contributed by atoms with Crippen molar-refractivity contribution in [3.8, 4) is 0 Å². The average molecular weight is 459 g/mol. The van der Waals surface area contributed by atoms with Gasteiger partial charge in [0.15, 0.2) is 0 Å². The molecular formula is C28H34N4O2. The molecule has 2 unspecified atom stereocenters. The van der Waals surface area contributed by atoms with Gasteiger partial charge in [-0.1, -0.05) is 18.2 Å². The number of nitrogens with zero attached hydrogens (tertiary/aromatic N) is 4. The highest BCUT2D eigenvalue weighted by Gasteiger charge is 2.33. The number of likely N-dealkylation sites (tertiary alicyclic amines) is 1. The summed E-state index contributed by atoms with van der Waals surface area (Å²) in [7, 11) is 0. The van der Waals surface area contributed by atoms with Crippen molar-refractivity contribution in [1.29, 1.82) is 0 Å². The summed E-state index contributed by atoms with van der Waals surface area (Å²) in [6.45, 7) is 7.68. The van der Waals surface area contributed by atoms with Crippen molar-refractivity contribution in [2.24, 2.45) is 0 Å². The third-order valence-electron chi connectivity index (χ3n) is 6.60. The number of amides is 1. The van der Waals surface area contributed by atoms with Gasteiger partial charge >= 0.3 is 0 Å². The number of rotatable bonds is 8. The van der Waals surface area contributed by atoms with Gasteiger partial charge in [0.05, 0.1) is 12.1 Å². The van der Waals surface area contributed by atoms with Gasteiger partial charge in [-0.3, -0.25) is 14.7 Å². The first-order valence-electron chi connectivity index (χ1n) is 12.1. The number of para-hydroxylation sites is 1. The van der Waals surface area contributed by atoms with Crippen molar-refractivity contribution in [3.05, 3.63) is 90.3 Å². The number of aliphatic hydroxyl groups excluding tert-OH is 1. The molecule has 1 aliphatic heterocycles. The summed E-state index contributed by atoms with van der Waals surface area (Å²) >= 11 is 0. The highest BCUT2D eigenvalue weighted by atomic mass is 16.3. The molecule has 1 N–H and O–H groups in total. The van der Waals surface area contributed by atoms with E-state index in [4.69, 9.17) is 0 Å². The first kappa shape index (κ1) is 23.9. The van der Waals surface area contributed by atoms with Crippen LogP contribution in [0.4, 0.5) is 11.4 Å². The Kier molecular flexibility index (Phi) is 7.93. The van der Waals surface area contributed by atoms with Gasteiger partial charge in [0, 0.05) is 62.1 Å². The predicted octanol–water partition coefficient (Wildman–Crippen LogP) is 4.34. The monoisotopic (exact) mass is 458 g/mol. The Labute approximate surface area is 202 Å². The Morgan fingerprint density at radius 3 is 2.24 bits per heavy atom. The summed E-state index contributed by atoms with van der Waals surface area (Å²) in [4.78, 5) is 23.2. The highest BCUT2D eigenvalue weighted by molar-refractivity contribution is 5.94. The minimum absolute atomic E-state index is 0.0484. The second-order valence-corrected chi connectivity index (χ2v) is 8.74. The zero-order valence-electron chi connectivity index (χ0n) is 20.0. The second-order valence-electron chi connectivity index (χ2n) is 8.74. The lowest BCUT2D eigenvalue weighted by molar-refractivity contribution is 0.0499. The number of benzene rings is 2. The lowest BCUT2D eigenvalue weighted by atomic mass is 9.97. The normalized spacial score (nSPS) is 18.4. The molecule has 0 radical (unpaired) electrons. The van der Waals surface area contributed by atoms with Gasteiger partial charge in [-0.25, -0.2) is 0 Å². The topological polar surface area (TPSA) is 59.9 Å². The van der Waals surface area contributed by atoms with Crippen LogP contribution in [0.25, 0.3) is 0 Å². The molecule has 2 aromatic carbocycles. The van der Waals surface area contributed by atoms with E-state index >= 15 is 0 Å². The molecule has 4 rings (SSSR count). The van der Waals surface area contributed by atoms with E-state index in [-0.39, 0.29) is 11.9 Å². The van der Waals surface area contributed by atoms with Crippen LogP contribution in [0.3, 0.4) is 0 Å². The molecule has 0 aliphatic carbocycles. The van der Waals surface area contributed by atoms with Crippen LogP contribution in [-0.2, 0) is 6.54 Å². The molecule has 1 amide bonds. The number of anilines is 2. The lowest BCUT2D eigenvalue weighted by Gasteiger charge is -2.43.